The summed E-state index contributed by atoms with van der Waals surface area (Å²) in [4.78, 5) is 12.2. The number of amides is 1. The van der Waals surface area contributed by atoms with Crippen molar-refractivity contribution in [1.29, 1.82) is 5.26 Å². The van der Waals surface area contributed by atoms with Gasteiger partial charge in [-0.3, -0.25) is 4.79 Å². The molecule has 4 heteroatoms. The van der Waals surface area contributed by atoms with E-state index in [2.05, 4.69) is 5.32 Å². The van der Waals surface area contributed by atoms with Crippen LogP contribution in [-0.4, -0.2) is 5.91 Å². The van der Waals surface area contributed by atoms with E-state index in [1.807, 2.05) is 43.3 Å². The van der Waals surface area contributed by atoms with Crippen molar-refractivity contribution in [3.05, 3.63) is 76.3 Å². The molecule has 0 bridgehead atoms. The molecule has 22 heavy (non-hydrogen) atoms. The van der Waals surface area contributed by atoms with Gasteiger partial charge < -0.3 is 5.32 Å². The van der Waals surface area contributed by atoms with E-state index in [1.165, 1.54) is 6.08 Å². The van der Waals surface area contributed by atoms with E-state index in [1.54, 1.807) is 24.3 Å². The van der Waals surface area contributed by atoms with Crippen molar-refractivity contribution in [3.63, 3.8) is 0 Å². The van der Waals surface area contributed by atoms with Gasteiger partial charge in [0.1, 0.15) is 11.6 Å². The number of nitrogens with zero attached hydrogens (tertiary/aromatic N) is 1. The maximum absolute atomic E-state index is 12.2. The highest BCUT2D eigenvalue weighted by molar-refractivity contribution is 6.32. The molecule has 0 radical (unpaired) electrons. The zero-order chi connectivity index (χ0) is 15.9. The summed E-state index contributed by atoms with van der Waals surface area (Å²) in [5, 5.41) is 12.5. The van der Waals surface area contributed by atoms with Crippen molar-refractivity contribution in [3.8, 4) is 6.07 Å². The maximum Gasteiger partial charge on any atom is 0.262 e. The van der Waals surface area contributed by atoms with E-state index in [0.717, 1.165) is 5.56 Å². The van der Waals surface area contributed by atoms with E-state index >= 15 is 0 Å². The number of nitriles is 1. The Morgan fingerprint density at radius 1 is 1.18 bits per heavy atom. The third-order valence-corrected chi connectivity index (χ3v) is 3.56. The second kappa shape index (κ2) is 7.44. The van der Waals surface area contributed by atoms with Gasteiger partial charge in [-0.2, -0.15) is 5.26 Å². The smallest absolute Gasteiger partial charge is 0.262 e. The van der Waals surface area contributed by atoms with Crippen LogP contribution in [0.25, 0.3) is 6.08 Å². The SMILES string of the molecule is C[C@@H](NC(=O)/C(C#N)=C/c1ccccc1Cl)c1ccccc1. The summed E-state index contributed by atoms with van der Waals surface area (Å²) in [6.45, 7) is 1.87. The summed E-state index contributed by atoms with van der Waals surface area (Å²) in [5.74, 6) is -0.418. The van der Waals surface area contributed by atoms with Crippen LogP contribution in [-0.2, 0) is 4.79 Å². The molecule has 0 saturated heterocycles. The lowest BCUT2D eigenvalue weighted by molar-refractivity contribution is -0.117. The van der Waals surface area contributed by atoms with Gasteiger partial charge in [0.05, 0.1) is 6.04 Å². The zero-order valence-electron chi connectivity index (χ0n) is 12.1. The second-order valence-corrected chi connectivity index (χ2v) is 5.20. The molecule has 0 unspecified atom stereocenters. The Labute approximate surface area is 134 Å². The maximum atomic E-state index is 12.2. The number of carbonyl (C=O) groups excluding carboxylic acids is 1. The van der Waals surface area contributed by atoms with Gasteiger partial charge in [0, 0.05) is 5.02 Å². The molecule has 3 nitrogen and oxygen atoms in total. The summed E-state index contributed by atoms with van der Waals surface area (Å²) >= 11 is 6.05. The number of rotatable bonds is 4. The standard InChI is InChI=1S/C18H15ClN2O/c1-13(14-7-3-2-4-8-14)21-18(22)16(12-20)11-15-9-5-6-10-17(15)19/h2-11,13H,1H3,(H,21,22)/b16-11+/t13-/m1/s1. The van der Waals surface area contributed by atoms with Crippen LogP contribution in [0.1, 0.15) is 24.1 Å². The fourth-order valence-electron chi connectivity index (χ4n) is 2.00. The van der Waals surface area contributed by atoms with Crippen LogP contribution in [0.3, 0.4) is 0 Å². The molecule has 2 aromatic rings. The van der Waals surface area contributed by atoms with Gasteiger partial charge in [0.2, 0.25) is 0 Å². The third-order valence-electron chi connectivity index (χ3n) is 3.22. The molecule has 0 aliphatic carbocycles. The van der Waals surface area contributed by atoms with E-state index in [4.69, 9.17) is 11.6 Å². The van der Waals surface area contributed by atoms with Crippen LogP contribution < -0.4 is 5.32 Å². The number of halogens is 1. The summed E-state index contributed by atoms with van der Waals surface area (Å²) in [6, 6.07) is 18.4. The molecule has 0 aliphatic heterocycles. The topological polar surface area (TPSA) is 52.9 Å². The lowest BCUT2D eigenvalue weighted by Crippen LogP contribution is -2.27. The van der Waals surface area contributed by atoms with Crippen molar-refractivity contribution in [2.24, 2.45) is 0 Å². The van der Waals surface area contributed by atoms with Crippen molar-refractivity contribution in [2.45, 2.75) is 13.0 Å². The van der Waals surface area contributed by atoms with Crippen LogP contribution in [0.2, 0.25) is 5.02 Å². The van der Waals surface area contributed by atoms with Crippen molar-refractivity contribution in [2.75, 3.05) is 0 Å². The Morgan fingerprint density at radius 3 is 2.45 bits per heavy atom. The highest BCUT2D eigenvalue weighted by Crippen LogP contribution is 2.19. The quantitative estimate of drug-likeness (QED) is 0.682. The largest absolute Gasteiger partial charge is 0.345 e. The van der Waals surface area contributed by atoms with Gasteiger partial charge in [0.25, 0.3) is 5.91 Å². The summed E-state index contributed by atoms with van der Waals surface area (Å²) in [5.41, 5.74) is 1.64. The first-order chi connectivity index (χ1) is 10.6. The summed E-state index contributed by atoms with van der Waals surface area (Å²) in [6.07, 6.45) is 1.50. The van der Waals surface area contributed by atoms with Crippen LogP contribution in [0.4, 0.5) is 0 Å². The number of nitrogens with one attached hydrogen (secondary N) is 1. The minimum absolute atomic E-state index is 0.0240. The molecule has 0 aliphatic rings. The minimum atomic E-state index is -0.418. The molecule has 1 amide bonds. The molecule has 0 aromatic heterocycles. The first-order valence-electron chi connectivity index (χ1n) is 6.84. The first-order valence-corrected chi connectivity index (χ1v) is 7.21. The molecular formula is C18H15ClN2O. The first kappa shape index (κ1) is 15.8. The van der Waals surface area contributed by atoms with E-state index in [-0.39, 0.29) is 11.6 Å². The molecular weight excluding hydrogens is 296 g/mol. The Balaban J connectivity index is 2.17. The van der Waals surface area contributed by atoms with Crippen molar-refractivity contribution >= 4 is 23.6 Å². The minimum Gasteiger partial charge on any atom is -0.345 e. The van der Waals surface area contributed by atoms with Crippen LogP contribution in [0, 0.1) is 11.3 Å². The zero-order valence-corrected chi connectivity index (χ0v) is 12.8. The molecule has 0 heterocycles. The molecule has 2 aromatic carbocycles. The van der Waals surface area contributed by atoms with E-state index in [0.29, 0.717) is 10.6 Å². The Hall–Kier alpha value is -2.57. The molecule has 2 rings (SSSR count). The van der Waals surface area contributed by atoms with Gasteiger partial charge in [0.15, 0.2) is 0 Å². The number of benzene rings is 2. The van der Waals surface area contributed by atoms with Gasteiger partial charge in [-0.15, -0.1) is 0 Å². The van der Waals surface area contributed by atoms with Gasteiger partial charge in [-0.05, 0) is 30.2 Å². The van der Waals surface area contributed by atoms with Gasteiger partial charge in [-0.1, -0.05) is 60.1 Å². The fourth-order valence-corrected chi connectivity index (χ4v) is 2.19. The molecule has 110 valence electrons. The summed E-state index contributed by atoms with van der Waals surface area (Å²) in [7, 11) is 0. The van der Waals surface area contributed by atoms with E-state index < -0.39 is 5.91 Å². The Kier molecular flexibility index (Phi) is 5.35. The highest BCUT2D eigenvalue weighted by Gasteiger charge is 2.14. The Morgan fingerprint density at radius 2 is 1.82 bits per heavy atom. The average Bonchev–Trinajstić information content (AvgIpc) is 2.54. The molecule has 0 spiro atoms. The predicted octanol–water partition coefficient (Wildman–Crippen LogP) is 4.12. The average molecular weight is 311 g/mol. The summed E-state index contributed by atoms with van der Waals surface area (Å²) < 4.78 is 0. The number of hydrogen-bond acceptors (Lipinski definition) is 2. The van der Waals surface area contributed by atoms with Crippen LogP contribution in [0.15, 0.2) is 60.2 Å². The van der Waals surface area contributed by atoms with E-state index in [9.17, 15) is 10.1 Å². The van der Waals surface area contributed by atoms with Crippen LogP contribution in [0.5, 0.6) is 0 Å². The third kappa shape index (κ3) is 3.97. The van der Waals surface area contributed by atoms with Crippen molar-refractivity contribution in [1.82, 2.24) is 5.32 Å². The monoisotopic (exact) mass is 310 g/mol. The van der Waals surface area contributed by atoms with Gasteiger partial charge in [-0.25, -0.2) is 0 Å². The highest BCUT2D eigenvalue weighted by atomic mass is 35.5. The molecule has 1 N–H and O–H groups in total. The van der Waals surface area contributed by atoms with Crippen molar-refractivity contribution < 1.29 is 4.79 Å². The Bertz CT molecular complexity index is 732. The molecule has 0 saturated carbocycles. The fraction of sp³-hybridized carbons (Fsp3) is 0.111. The number of hydrogen-bond donors (Lipinski definition) is 1. The second-order valence-electron chi connectivity index (χ2n) is 4.80. The lowest BCUT2D eigenvalue weighted by Gasteiger charge is -2.13. The number of carbonyl (C=O) groups is 1. The van der Waals surface area contributed by atoms with Crippen LogP contribution >= 0.6 is 11.6 Å². The predicted molar refractivity (Wildman–Crippen MR) is 88.0 cm³/mol. The van der Waals surface area contributed by atoms with Gasteiger partial charge >= 0.3 is 0 Å². The lowest BCUT2D eigenvalue weighted by atomic mass is 10.1. The normalized spacial score (nSPS) is 12.3. The molecule has 0 fully saturated rings. The molecule has 1 atom stereocenters.